The fourth-order valence-electron chi connectivity index (χ4n) is 2.68. The molecule has 0 heterocycles. The van der Waals surface area contributed by atoms with Gasteiger partial charge in [0.2, 0.25) is 0 Å². The van der Waals surface area contributed by atoms with Gasteiger partial charge in [0, 0.05) is 31.9 Å². The van der Waals surface area contributed by atoms with E-state index in [1.54, 1.807) is 0 Å². The summed E-state index contributed by atoms with van der Waals surface area (Å²) in [6.45, 7) is 14.8. The van der Waals surface area contributed by atoms with E-state index in [1.165, 1.54) is 0 Å². The normalized spacial score (nSPS) is 11.6. The highest BCUT2D eigenvalue weighted by molar-refractivity contribution is 6.60. The maximum atomic E-state index is 11.4. The Balaban J connectivity index is 4.84. The van der Waals surface area contributed by atoms with Gasteiger partial charge in [0.05, 0.1) is 46.2 Å². The molecule has 9 heteroatoms. The molecule has 0 amide bonds. The van der Waals surface area contributed by atoms with Crippen LogP contribution in [0, 0.1) is 0 Å². The molecule has 33 heavy (non-hydrogen) atoms. The topological polar surface area (TPSA) is 81.7 Å². The fourth-order valence-corrected chi connectivity index (χ4v) is 5.12. The maximum Gasteiger partial charge on any atom is 0.501 e. The van der Waals surface area contributed by atoms with E-state index in [0.717, 1.165) is 44.6 Å². The Hall–Kier alpha value is -0.813. The van der Waals surface area contributed by atoms with E-state index in [4.69, 9.17) is 32.2 Å². The zero-order valence-corrected chi connectivity index (χ0v) is 22.3. The van der Waals surface area contributed by atoms with Crippen molar-refractivity contribution >= 4 is 14.8 Å². The molecule has 0 N–H and O–H groups in total. The molecule has 0 aliphatic rings. The van der Waals surface area contributed by atoms with Crippen molar-refractivity contribution in [2.45, 2.75) is 71.8 Å². The molecule has 0 bridgehead atoms. The summed E-state index contributed by atoms with van der Waals surface area (Å²) in [7, 11) is -3.04. The van der Waals surface area contributed by atoms with Gasteiger partial charge in [0.15, 0.2) is 0 Å². The van der Waals surface area contributed by atoms with E-state index >= 15 is 0 Å². The average Bonchev–Trinajstić information content (AvgIpc) is 2.83. The minimum Gasteiger partial charge on any atom is -0.463 e. The first kappa shape index (κ1) is 32.2. The number of ether oxygens (including phenoxy) is 4. The summed E-state index contributed by atoms with van der Waals surface area (Å²) in [6, 6.07) is 0.524. The second-order valence-electron chi connectivity index (χ2n) is 7.60. The highest BCUT2D eigenvalue weighted by Crippen LogP contribution is 2.19. The van der Waals surface area contributed by atoms with Crippen molar-refractivity contribution in [2.75, 3.05) is 66.1 Å². The molecular weight excluding hydrogens is 444 g/mol. The molecule has 0 aromatic heterocycles. The molecule has 0 aliphatic heterocycles. The molecule has 0 saturated heterocycles. The molecule has 0 rings (SSSR count). The van der Waals surface area contributed by atoms with Gasteiger partial charge < -0.3 is 32.2 Å². The second kappa shape index (κ2) is 24.3. The van der Waals surface area contributed by atoms with Crippen LogP contribution < -0.4 is 0 Å². The van der Waals surface area contributed by atoms with E-state index in [9.17, 15) is 4.79 Å². The van der Waals surface area contributed by atoms with Gasteiger partial charge in [-0.05, 0) is 25.7 Å². The summed E-state index contributed by atoms with van der Waals surface area (Å²) in [5.41, 5.74) is 0. The van der Waals surface area contributed by atoms with Gasteiger partial charge in [-0.25, -0.2) is 4.79 Å². The predicted molar refractivity (Wildman–Crippen MR) is 131 cm³/mol. The van der Waals surface area contributed by atoms with E-state index in [2.05, 4.69) is 27.4 Å². The van der Waals surface area contributed by atoms with Crippen LogP contribution in [0.25, 0.3) is 0 Å². The molecular formula is C24H48O8Si. The Morgan fingerprint density at radius 2 is 1.06 bits per heavy atom. The molecule has 0 aromatic rings. The first-order valence-electron chi connectivity index (χ1n) is 12.6. The Kier molecular flexibility index (Phi) is 23.7. The van der Waals surface area contributed by atoms with E-state index in [1.807, 2.05) is 0 Å². The number of unbranched alkanes of at least 4 members (excludes halogenated alkanes) is 3. The first-order chi connectivity index (χ1) is 16.1. The zero-order valence-electron chi connectivity index (χ0n) is 21.3. The van der Waals surface area contributed by atoms with E-state index in [-0.39, 0.29) is 6.61 Å². The second-order valence-corrected chi connectivity index (χ2v) is 10.3. The smallest absolute Gasteiger partial charge is 0.463 e. The van der Waals surface area contributed by atoms with Gasteiger partial charge in [-0.3, -0.25) is 0 Å². The lowest BCUT2D eigenvalue weighted by Gasteiger charge is -2.30. The standard InChI is InChI=1S/C24H48O8Si/c1-5-9-13-26-17-20-30-33(23-12-16-29-24(25)8-4,31-21-18-27-14-10-6-2)32-22-19-28-15-11-7-3/h8H,4-7,9-23H2,1-3H3. The summed E-state index contributed by atoms with van der Waals surface area (Å²) < 4.78 is 40.6. The molecule has 0 spiro atoms. The molecule has 0 aromatic carbocycles. The van der Waals surface area contributed by atoms with Crippen LogP contribution in [0.5, 0.6) is 0 Å². The van der Waals surface area contributed by atoms with Crippen LogP contribution in [0.4, 0.5) is 0 Å². The van der Waals surface area contributed by atoms with Crippen molar-refractivity contribution in [3.8, 4) is 0 Å². The molecule has 0 saturated carbocycles. The monoisotopic (exact) mass is 492 g/mol. The Labute approximate surface area is 202 Å². The number of hydrogen-bond acceptors (Lipinski definition) is 8. The molecule has 0 fully saturated rings. The van der Waals surface area contributed by atoms with Gasteiger partial charge in [-0.2, -0.15) is 0 Å². The van der Waals surface area contributed by atoms with E-state index in [0.29, 0.717) is 71.9 Å². The van der Waals surface area contributed by atoms with Gasteiger partial charge in [0.1, 0.15) is 0 Å². The van der Waals surface area contributed by atoms with Crippen molar-refractivity contribution in [3.63, 3.8) is 0 Å². The summed E-state index contributed by atoms with van der Waals surface area (Å²) >= 11 is 0. The highest BCUT2D eigenvalue weighted by Gasteiger charge is 2.41. The molecule has 0 atom stereocenters. The largest absolute Gasteiger partial charge is 0.501 e. The molecule has 0 aliphatic carbocycles. The highest BCUT2D eigenvalue weighted by atomic mass is 28.4. The summed E-state index contributed by atoms with van der Waals surface area (Å²) in [4.78, 5) is 11.4. The number of rotatable bonds is 26. The third-order valence-corrected chi connectivity index (χ3v) is 7.51. The third kappa shape index (κ3) is 20.3. The molecule has 8 nitrogen and oxygen atoms in total. The number of carbonyl (C=O) groups excluding carboxylic acids is 1. The van der Waals surface area contributed by atoms with Crippen molar-refractivity contribution in [1.29, 1.82) is 0 Å². The lowest BCUT2D eigenvalue weighted by atomic mass is 10.4. The predicted octanol–water partition coefficient (Wildman–Crippen LogP) is 4.54. The first-order valence-corrected chi connectivity index (χ1v) is 14.5. The summed E-state index contributed by atoms with van der Waals surface area (Å²) in [6.07, 6.45) is 8.05. The molecule has 0 radical (unpaired) electrons. The number of carbonyl (C=O) groups is 1. The maximum absolute atomic E-state index is 11.4. The van der Waals surface area contributed by atoms with E-state index < -0.39 is 14.8 Å². The van der Waals surface area contributed by atoms with Crippen LogP contribution in [-0.4, -0.2) is 80.8 Å². The van der Waals surface area contributed by atoms with Crippen molar-refractivity contribution < 1.29 is 37.0 Å². The minimum absolute atomic E-state index is 0.253. The summed E-state index contributed by atoms with van der Waals surface area (Å²) in [5.74, 6) is -0.442. The third-order valence-electron chi connectivity index (χ3n) is 4.61. The Morgan fingerprint density at radius 1 is 0.636 bits per heavy atom. The van der Waals surface area contributed by atoms with Gasteiger partial charge in [-0.1, -0.05) is 46.6 Å². The van der Waals surface area contributed by atoms with Crippen LogP contribution in [0.1, 0.15) is 65.7 Å². The Morgan fingerprint density at radius 3 is 1.42 bits per heavy atom. The van der Waals surface area contributed by atoms with Crippen molar-refractivity contribution in [3.05, 3.63) is 12.7 Å². The van der Waals surface area contributed by atoms with Crippen molar-refractivity contribution in [1.82, 2.24) is 0 Å². The Bertz CT molecular complexity index is 409. The van der Waals surface area contributed by atoms with Crippen LogP contribution >= 0.6 is 0 Å². The zero-order chi connectivity index (χ0) is 24.5. The van der Waals surface area contributed by atoms with Gasteiger partial charge in [0.25, 0.3) is 0 Å². The van der Waals surface area contributed by atoms with Crippen LogP contribution in [0.2, 0.25) is 6.04 Å². The lowest BCUT2D eigenvalue weighted by molar-refractivity contribution is -0.137. The number of hydrogen-bond donors (Lipinski definition) is 0. The van der Waals surface area contributed by atoms with Gasteiger partial charge in [-0.15, -0.1) is 0 Å². The van der Waals surface area contributed by atoms with Gasteiger partial charge >= 0.3 is 14.8 Å². The number of esters is 1. The molecule has 196 valence electrons. The lowest BCUT2D eigenvalue weighted by Crippen LogP contribution is -2.48. The quantitative estimate of drug-likeness (QED) is 0.0753. The molecule has 0 unspecified atom stereocenters. The van der Waals surface area contributed by atoms with Crippen LogP contribution in [0.15, 0.2) is 12.7 Å². The van der Waals surface area contributed by atoms with Crippen LogP contribution in [0.3, 0.4) is 0 Å². The van der Waals surface area contributed by atoms with Crippen LogP contribution in [-0.2, 0) is 37.0 Å². The summed E-state index contributed by atoms with van der Waals surface area (Å²) in [5, 5.41) is 0. The van der Waals surface area contributed by atoms with Crippen molar-refractivity contribution in [2.24, 2.45) is 0 Å². The fraction of sp³-hybridized carbons (Fsp3) is 0.875. The average molecular weight is 493 g/mol. The minimum atomic E-state index is -3.04. The SMILES string of the molecule is C=CC(=O)OCCC[Si](OCCOCCCC)(OCCOCCCC)OCCOCCCC.